The minimum atomic E-state index is -0.759. The van der Waals surface area contributed by atoms with Gasteiger partial charge in [-0.1, -0.05) is 6.92 Å². The highest BCUT2D eigenvalue weighted by molar-refractivity contribution is 5.34. The Morgan fingerprint density at radius 3 is 2.89 bits per heavy atom. The van der Waals surface area contributed by atoms with Crippen LogP contribution < -0.4 is 4.74 Å². The average Bonchev–Trinajstić information content (AvgIpc) is 2.81. The Bertz CT molecular complexity index is 551. The van der Waals surface area contributed by atoms with Crippen molar-refractivity contribution in [2.24, 2.45) is 0 Å². The Kier molecular flexibility index (Phi) is 4.16. The molecule has 0 saturated heterocycles. The van der Waals surface area contributed by atoms with Gasteiger partial charge in [0.2, 0.25) is 0 Å². The van der Waals surface area contributed by atoms with Crippen molar-refractivity contribution < 1.29 is 9.84 Å². The van der Waals surface area contributed by atoms with Gasteiger partial charge in [-0.15, -0.1) is 0 Å². The van der Waals surface area contributed by atoms with Gasteiger partial charge in [-0.3, -0.25) is 9.67 Å². The van der Waals surface area contributed by atoms with Gasteiger partial charge in [-0.2, -0.15) is 5.10 Å². The molecule has 0 radical (unpaired) electrons. The van der Waals surface area contributed by atoms with Gasteiger partial charge in [0.1, 0.15) is 11.8 Å². The maximum atomic E-state index is 10.6. The molecule has 0 fully saturated rings. The lowest BCUT2D eigenvalue weighted by Gasteiger charge is -2.15. The Morgan fingerprint density at radius 2 is 2.26 bits per heavy atom. The second-order valence-corrected chi connectivity index (χ2v) is 4.45. The molecule has 2 heterocycles. The van der Waals surface area contributed by atoms with Crippen LogP contribution in [-0.4, -0.2) is 27.0 Å². The molecule has 0 aromatic carbocycles. The van der Waals surface area contributed by atoms with Crippen molar-refractivity contribution in [3.8, 4) is 5.75 Å². The highest BCUT2D eigenvalue weighted by Gasteiger charge is 2.21. The van der Waals surface area contributed by atoms with Crippen LogP contribution in [0.2, 0.25) is 0 Å². The van der Waals surface area contributed by atoms with E-state index in [2.05, 4.69) is 17.0 Å². The molecule has 5 nitrogen and oxygen atoms in total. The van der Waals surface area contributed by atoms with E-state index in [1.807, 2.05) is 13.0 Å². The third-order valence-electron chi connectivity index (χ3n) is 3.00. The van der Waals surface area contributed by atoms with Crippen molar-refractivity contribution >= 4 is 0 Å². The molecule has 2 aromatic heterocycles. The molecule has 0 bridgehead atoms. The number of aliphatic hydroxyl groups excluding tert-OH is 1. The SMILES string of the molecule is CCCn1ncc(OC)c1C(O)c1ccnc(C)c1. The van der Waals surface area contributed by atoms with Crippen LogP contribution in [0.1, 0.15) is 36.4 Å². The van der Waals surface area contributed by atoms with Crippen LogP contribution in [0.3, 0.4) is 0 Å². The summed E-state index contributed by atoms with van der Waals surface area (Å²) < 4.78 is 7.08. The summed E-state index contributed by atoms with van der Waals surface area (Å²) in [5.41, 5.74) is 2.36. The first-order valence-corrected chi connectivity index (χ1v) is 6.37. The van der Waals surface area contributed by atoms with Crippen molar-refractivity contribution in [1.29, 1.82) is 0 Å². The number of rotatable bonds is 5. The van der Waals surface area contributed by atoms with Gasteiger partial charge in [0, 0.05) is 18.4 Å². The van der Waals surface area contributed by atoms with Gasteiger partial charge in [-0.25, -0.2) is 0 Å². The second kappa shape index (κ2) is 5.84. The molecule has 19 heavy (non-hydrogen) atoms. The molecule has 2 aromatic rings. The van der Waals surface area contributed by atoms with Crippen molar-refractivity contribution in [2.45, 2.75) is 32.9 Å². The first kappa shape index (κ1) is 13.5. The van der Waals surface area contributed by atoms with Crippen LogP contribution in [0, 0.1) is 6.92 Å². The van der Waals surface area contributed by atoms with E-state index in [0.717, 1.165) is 24.2 Å². The second-order valence-electron chi connectivity index (χ2n) is 4.45. The van der Waals surface area contributed by atoms with Crippen LogP contribution in [-0.2, 0) is 6.54 Å². The van der Waals surface area contributed by atoms with E-state index >= 15 is 0 Å². The van der Waals surface area contributed by atoms with E-state index < -0.39 is 6.10 Å². The predicted octanol–water partition coefficient (Wildman–Crippen LogP) is 2.09. The van der Waals surface area contributed by atoms with Crippen LogP contribution in [0.4, 0.5) is 0 Å². The minimum Gasteiger partial charge on any atom is -0.493 e. The summed E-state index contributed by atoms with van der Waals surface area (Å²) in [5, 5.41) is 14.8. The molecule has 0 spiro atoms. The molecule has 0 amide bonds. The minimum absolute atomic E-state index is 0.607. The lowest BCUT2D eigenvalue weighted by Crippen LogP contribution is -2.11. The molecule has 1 N–H and O–H groups in total. The van der Waals surface area contributed by atoms with Gasteiger partial charge >= 0.3 is 0 Å². The number of ether oxygens (including phenoxy) is 1. The zero-order chi connectivity index (χ0) is 13.8. The standard InChI is InChI=1S/C14H19N3O2/c1-4-7-17-13(12(19-3)9-16-17)14(18)11-5-6-15-10(2)8-11/h5-6,8-9,14,18H,4,7H2,1-3H3. The quantitative estimate of drug-likeness (QED) is 0.895. The van der Waals surface area contributed by atoms with Crippen LogP contribution in [0.25, 0.3) is 0 Å². The summed E-state index contributed by atoms with van der Waals surface area (Å²) in [5.74, 6) is 0.607. The largest absolute Gasteiger partial charge is 0.493 e. The lowest BCUT2D eigenvalue weighted by molar-refractivity contribution is 0.201. The lowest BCUT2D eigenvalue weighted by atomic mass is 10.1. The zero-order valence-corrected chi connectivity index (χ0v) is 11.5. The number of hydrogen-bond donors (Lipinski definition) is 1. The van der Waals surface area contributed by atoms with Gasteiger partial charge in [0.15, 0.2) is 5.75 Å². The number of aromatic nitrogens is 3. The van der Waals surface area contributed by atoms with Gasteiger partial charge in [0.05, 0.1) is 13.3 Å². The van der Waals surface area contributed by atoms with Crippen LogP contribution in [0.15, 0.2) is 24.5 Å². The monoisotopic (exact) mass is 261 g/mol. The molecule has 0 aliphatic heterocycles. The summed E-state index contributed by atoms with van der Waals surface area (Å²) in [6.45, 7) is 4.72. The topological polar surface area (TPSA) is 60.2 Å². The molecule has 2 rings (SSSR count). The van der Waals surface area contributed by atoms with Crippen LogP contribution >= 0.6 is 0 Å². The summed E-state index contributed by atoms with van der Waals surface area (Å²) in [6.07, 6.45) is 3.52. The molecular weight excluding hydrogens is 242 g/mol. The molecule has 0 saturated carbocycles. The third kappa shape index (κ3) is 2.76. The van der Waals surface area contributed by atoms with E-state index in [1.54, 1.807) is 30.3 Å². The van der Waals surface area contributed by atoms with Crippen LogP contribution in [0.5, 0.6) is 5.75 Å². The maximum absolute atomic E-state index is 10.6. The van der Waals surface area contributed by atoms with Crippen molar-refractivity contribution in [1.82, 2.24) is 14.8 Å². The molecular formula is C14H19N3O2. The van der Waals surface area contributed by atoms with Gasteiger partial charge < -0.3 is 9.84 Å². The highest BCUT2D eigenvalue weighted by Crippen LogP contribution is 2.30. The number of methoxy groups -OCH3 is 1. The van der Waals surface area contributed by atoms with Crippen molar-refractivity contribution in [3.05, 3.63) is 41.5 Å². The summed E-state index contributed by atoms with van der Waals surface area (Å²) in [7, 11) is 1.58. The van der Waals surface area contributed by atoms with Gasteiger partial charge in [0.25, 0.3) is 0 Å². The zero-order valence-electron chi connectivity index (χ0n) is 11.5. The van der Waals surface area contributed by atoms with Crippen molar-refractivity contribution in [2.75, 3.05) is 7.11 Å². The van der Waals surface area contributed by atoms with E-state index in [4.69, 9.17) is 4.74 Å². The predicted molar refractivity (Wildman–Crippen MR) is 72.1 cm³/mol. The van der Waals surface area contributed by atoms with Crippen molar-refractivity contribution in [3.63, 3.8) is 0 Å². The van der Waals surface area contributed by atoms with E-state index in [-0.39, 0.29) is 0 Å². The fourth-order valence-electron chi connectivity index (χ4n) is 2.10. The summed E-state index contributed by atoms with van der Waals surface area (Å²) in [4.78, 5) is 4.14. The number of aliphatic hydroxyl groups is 1. The van der Waals surface area contributed by atoms with Gasteiger partial charge in [-0.05, 0) is 31.0 Å². The Balaban J connectivity index is 2.41. The molecule has 1 unspecified atom stereocenters. The van der Waals surface area contributed by atoms with E-state index in [0.29, 0.717) is 11.4 Å². The molecule has 0 aliphatic carbocycles. The molecule has 1 atom stereocenters. The fourth-order valence-corrected chi connectivity index (χ4v) is 2.10. The maximum Gasteiger partial charge on any atom is 0.163 e. The number of nitrogens with zero attached hydrogens (tertiary/aromatic N) is 3. The fraction of sp³-hybridized carbons (Fsp3) is 0.429. The van der Waals surface area contributed by atoms with E-state index in [1.165, 1.54) is 0 Å². The normalized spacial score (nSPS) is 12.4. The molecule has 102 valence electrons. The summed E-state index contributed by atoms with van der Waals surface area (Å²) >= 11 is 0. The first-order valence-electron chi connectivity index (χ1n) is 6.37. The smallest absolute Gasteiger partial charge is 0.163 e. The number of aryl methyl sites for hydroxylation is 2. The average molecular weight is 261 g/mol. The van der Waals surface area contributed by atoms with E-state index in [9.17, 15) is 5.11 Å². The summed E-state index contributed by atoms with van der Waals surface area (Å²) in [6, 6.07) is 3.67. The highest BCUT2D eigenvalue weighted by atomic mass is 16.5. The molecule has 5 heteroatoms. The number of hydrogen-bond acceptors (Lipinski definition) is 4. The Hall–Kier alpha value is -1.88. The Morgan fingerprint density at radius 1 is 1.47 bits per heavy atom. The number of pyridine rings is 1. The first-order chi connectivity index (χ1) is 9.17. The molecule has 0 aliphatic rings. The Labute approximate surface area is 112 Å². The third-order valence-corrected chi connectivity index (χ3v) is 3.00.